The van der Waals surface area contributed by atoms with Gasteiger partial charge in [0.1, 0.15) is 5.75 Å². The molecular weight excluding hydrogens is 432 g/mol. The van der Waals surface area contributed by atoms with Crippen LogP contribution in [0.1, 0.15) is 15.3 Å². The first-order chi connectivity index (χ1) is 8.11. The van der Waals surface area contributed by atoms with Crippen LogP contribution in [-0.4, -0.2) is 7.11 Å². The zero-order valence-corrected chi connectivity index (χ0v) is 14.5. The van der Waals surface area contributed by atoms with Crippen molar-refractivity contribution in [1.82, 2.24) is 0 Å². The molecule has 5 heteroatoms. The lowest BCUT2D eigenvalue weighted by Crippen LogP contribution is -1.95. The van der Waals surface area contributed by atoms with Crippen LogP contribution in [0.2, 0.25) is 0 Å². The van der Waals surface area contributed by atoms with E-state index in [0.29, 0.717) is 0 Å². The van der Waals surface area contributed by atoms with Gasteiger partial charge in [-0.25, -0.2) is 0 Å². The van der Waals surface area contributed by atoms with E-state index in [1.54, 1.807) is 18.4 Å². The molecule has 0 saturated heterocycles. The summed E-state index contributed by atoms with van der Waals surface area (Å²) in [5.74, 6) is 0.880. The fraction of sp³-hybridized carbons (Fsp3) is 0.167. The smallest absolute Gasteiger partial charge is 0.124 e. The number of ether oxygens (including phenoxy) is 1. The van der Waals surface area contributed by atoms with E-state index >= 15 is 0 Å². The number of hydrogen-bond donors (Lipinski definition) is 0. The van der Waals surface area contributed by atoms with Crippen LogP contribution < -0.4 is 4.74 Å². The quantitative estimate of drug-likeness (QED) is 0.551. The van der Waals surface area contributed by atoms with Gasteiger partial charge in [0, 0.05) is 14.9 Å². The van der Waals surface area contributed by atoms with Crippen LogP contribution in [0.3, 0.4) is 0 Å². The Bertz CT molecular complexity index is 524. The third kappa shape index (κ3) is 3.13. The van der Waals surface area contributed by atoms with Gasteiger partial charge in [0.15, 0.2) is 0 Å². The lowest BCUT2D eigenvalue weighted by atomic mass is 10.1. The zero-order valence-electron chi connectivity index (χ0n) is 8.91. The van der Waals surface area contributed by atoms with E-state index in [9.17, 15) is 0 Å². The van der Waals surface area contributed by atoms with Gasteiger partial charge in [0.05, 0.1) is 15.7 Å². The topological polar surface area (TPSA) is 9.23 Å². The standard InChI is InChI=1S/C12H9Br3OS/c1-16-9-6-7(13)2-3-8(9)12(15)10-4-5-11(14)17-10/h2-6,12H,1H3. The maximum absolute atomic E-state index is 5.41. The summed E-state index contributed by atoms with van der Waals surface area (Å²) >= 11 is 12.4. The van der Waals surface area contributed by atoms with Gasteiger partial charge in [0.2, 0.25) is 0 Å². The average molecular weight is 441 g/mol. The molecule has 0 aliphatic rings. The van der Waals surface area contributed by atoms with Gasteiger partial charge in [-0.2, -0.15) is 0 Å². The molecule has 1 atom stereocenters. The predicted octanol–water partition coefficient (Wildman–Crippen LogP) is 5.77. The van der Waals surface area contributed by atoms with E-state index < -0.39 is 0 Å². The summed E-state index contributed by atoms with van der Waals surface area (Å²) in [4.78, 5) is 1.40. The van der Waals surface area contributed by atoms with Crippen molar-refractivity contribution < 1.29 is 4.74 Å². The van der Waals surface area contributed by atoms with Crippen molar-refractivity contribution in [3.8, 4) is 5.75 Å². The van der Waals surface area contributed by atoms with E-state index in [1.807, 2.05) is 12.1 Å². The summed E-state index contributed by atoms with van der Waals surface area (Å²) in [6.45, 7) is 0. The van der Waals surface area contributed by atoms with Crippen molar-refractivity contribution in [2.75, 3.05) is 7.11 Å². The van der Waals surface area contributed by atoms with Gasteiger partial charge in [-0.3, -0.25) is 0 Å². The summed E-state index contributed by atoms with van der Waals surface area (Å²) in [5.41, 5.74) is 1.13. The number of hydrogen-bond acceptors (Lipinski definition) is 2. The van der Waals surface area contributed by atoms with Crippen molar-refractivity contribution in [1.29, 1.82) is 0 Å². The second-order valence-electron chi connectivity index (χ2n) is 3.39. The molecule has 1 aromatic carbocycles. The molecule has 1 heterocycles. The largest absolute Gasteiger partial charge is 0.496 e. The van der Waals surface area contributed by atoms with E-state index in [-0.39, 0.29) is 4.83 Å². The van der Waals surface area contributed by atoms with Gasteiger partial charge in [-0.1, -0.05) is 37.9 Å². The van der Waals surface area contributed by atoms with Crippen LogP contribution in [0.25, 0.3) is 0 Å². The minimum Gasteiger partial charge on any atom is -0.496 e. The van der Waals surface area contributed by atoms with Gasteiger partial charge in [0.25, 0.3) is 0 Å². The van der Waals surface area contributed by atoms with Crippen molar-refractivity contribution in [3.05, 3.63) is 49.0 Å². The maximum Gasteiger partial charge on any atom is 0.124 e. The second-order valence-corrected chi connectivity index (χ2v) is 7.72. The van der Waals surface area contributed by atoms with Crippen molar-refractivity contribution >= 4 is 59.1 Å². The second kappa shape index (κ2) is 5.87. The van der Waals surface area contributed by atoms with Crippen molar-refractivity contribution in [3.63, 3.8) is 0 Å². The Morgan fingerprint density at radius 3 is 2.53 bits per heavy atom. The average Bonchev–Trinajstić information content (AvgIpc) is 2.75. The Morgan fingerprint density at radius 1 is 1.18 bits per heavy atom. The molecule has 1 unspecified atom stereocenters. The molecule has 0 fully saturated rings. The summed E-state index contributed by atoms with van der Waals surface area (Å²) in [5, 5.41) is 0. The molecule has 2 aromatic rings. The molecule has 0 aliphatic heterocycles. The first kappa shape index (κ1) is 13.6. The van der Waals surface area contributed by atoms with E-state index in [0.717, 1.165) is 19.6 Å². The van der Waals surface area contributed by atoms with Crippen molar-refractivity contribution in [2.24, 2.45) is 0 Å². The minimum atomic E-state index is 0.154. The normalized spacial score (nSPS) is 12.5. The van der Waals surface area contributed by atoms with Crippen LogP contribution in [0.4, 0.5) is 0 Å². The molecule has 0 radical (unpaired) electrons. The molecule has 17 heavy (non-hydrogen) atoms. The lowest BCUT2D eigenvalue weighted by Gasteiger charge is -2.13. The third-order valence-corrected chi connectivity index (χ3v) is 5.78. The molecule has 0 N–H and O–H groups in total. The highest BCUT2D eigenvalue weighted by Gasteiger charge is 2.17. The van der Waals surface area contributed by atoms with Crippen LogP contribution in [0.15, 0.2) is 38.6 Å². The number of rotatable bonds is 3. The molecule has 0 bridgehead atoms. The monoisotopic (exact) mass is 438 g/mol. The highest BCUT2D eigenvalue weighted by molar-refractivity contribution is 9.11. The minimum absolute atomic E-state index is 0.154. The van der Waals surface area contributed by atoms with E-state index in [1.165, 1.54) is 4.88 Å². The third-order valence-electron chi connectivity index (χ3n) is 2.31. The number of benzene rings is 1. The number of alkyl halides is 1. The Kier molecular flexibility index (Phi) is 4.69. The number of halogens is 3. The fourth-order valence-electron chi connectivity index (χ4n) is 1.51. The fourth-order valence-corrected chi connectivity index (χ4v) is 4.08. The Hall–Kier alpha value is 0.160. The van der Waals surface area contributed by atoms with Gasteiger partial charge >= 0.3 is 0 Å². The molecule has 0 saturated carbocycles. The van der Waals surface area contributed by atoms with Gasteiger partial charge < -0.3 is 4.74 Å². The summed E-state index contributed by atoms with van der Waals surface area (Å²) in [7, 11) is 1.69. The Balaban J connectivity index is 2.39. The van der Waals surface area contributed by atoms with Crippen LogP contribution in [0, 0.1) is 0 Å². The number of methoxy groups -OCH3 is 1. The molecule has 0 amide bonds. The van der Waals surface area contributed by atoms with Gasteiger partial charge in [-0.05, 0) is 40.2 Å². The lowest BCUT2D eigenvalue weighted by molar-refractivity contribution is 0.410. The predicted molar refractivity (Wildman–Crippen MR) is 83.5 cm³/mol. The van der Waals surface area contributed by atoms with Gasteiger partial charge in [-0.15, -0.1) is 11.3 Å². The van der Waals surface area contributed by atoms with Crippen molar-refractivity contribution in [2.45, 2.75) is 4.83 Å². The molecule has 90 valence electrons. The Morgan fingerprint density at radius 2 is 1.94 bits per heavy atom. The summed E-state index contributed by atoms with van der Waals surface area (Å²) < 4.78 is 7.56. The van der Waals surface area contributed by atoms with Crippen LogP contribution in [0.5, 0.6) is 5.75 Å². The maximum atomic E-state index is 5.41. The SMILES string of the molecule is COc1cc(Br)ccc1C(Br)c1ccc(Br)s1. The highest BCUT2D eigenvalue weighted by atomic mass is 79.9. The first-order valence-electron chi connectivity index (χ1n) is 4.84. The van der Waals surface area contributed by atoms with Crippen LogP contribution >= 0.6 is 59.1 Å². The molecule has 0 spiro atoms. The zero-order chi connectivity index (χ0) is 12.4. The van der Waals surface area contributed by atoms with E-state index in [2.05, 4.69) is 66.0 Å². The highest BCUT2D eigenvalue weighted by Crippen LogP contribution is 2.41. The molecular formula is C12H9Br3OS. The van der Waals surface area contributed by atoms with E-state index in [4.69, 9.17) is 4.74 Å². The Labute approximate surface area is 130 Å². The summed E-state index contributed by atoms with van der Waals surface area (Å²) in [6, 6.07) is 10.2. The number of thiophene rings is 1. The first-order valence-corrected chi connectivity index (χ1v) is 8.16. The summed E-state index contributed by atoms with van der Waals surface area (Å²) in [6.07, 6.45) is 0. The molecule has 1 nitrogen and oxygen atoms in total. The molecule has 2 rings (SSSR count). The van der Waals surface area contributed by atoms with Crippen LogP contribution in [-0.2, 0) is 0 Å². The molecule has 1 aromatic heterocycles. The molecule has 0 aliphatic carbocycles.